The summed E-state index contributed by atoms with van der Waals surface area (Å²) in [6.45, 7) is 0. The van der Waals surface area contributed by atoms with Crippen LogP contribution >= 0.6 is 15.9 Å². The number of hydrogen-bond donors (Lipinski definition) is 1. The van der Waals surface area contributed by atoms with E-state index in [2.05, 4.69) is 27.1 Å². The van der Waals surface area contributed by atoms with E-state index in [0.29, 0.717) is 5.39 Å². The van der Waals surface area contributed by atoms with Gasteiger partial charge >= 0.3 is 0 Å². The van der Waals surface area contributed by atoms with E-state index in [0.717, 1.165) is 9.99 Å². The standard InChI is InChI=1S/C9H5BrNO/c10-6-1-2-8-7(5-6)9(12)3-4-11-8/h1-3,5H,(H,11,12). The number of nitrogens with one attached hydrogen (secondary N) is 1. The number of halogens is 1. The number of pyridine rings is 1. The molecule has 0 saturated heterocycles. The third kappa shape index (κ3) is 1.16. The van der Waals surface area contributed by atoms with Gasteiger partial charge in [-0.1, -0.05) is 15.9 Å². The third-order valence-corrected chi connectivity index (χ3v) is 2.15. The average molecular weight is 223 g/mol. The molecule has 0 atom stereocenters. The number of H-pyrrole nitrogens is 1. The van der Waals surface area contributed by atoms with Gasteiger partial charge in [-0.2, -0.15) is 0 Å². The van der Waals surface area contributed by atoms with Crippen LogP contribution in [0.4, 0.5) is 0 Å². The maximum Gasteiger partial charge on any atom is 0.190 e. The molecule has 0 unspecified atom stereocenters. The summed E-state index contributed by atoms with van der Waals surface area (Å²) in [7, 11) is 0. The first-order chi connectivity index (χ1) is 5.77. The van der Waals surface area contributed by atoms with Crippen LogP contribution in [0.15, 0.2) is 33.5 Å². The van der Waals surface area contributed by atoms with Gasteiger partial charge in [0.1, 0.15) is 0 Å². The summed E-state index contributed by atoms with van der Waals surface area (Å²) >= 11 is 3.30. The Balaban J connectivity index is 2.98. The first-order valence-corrected chi connectivity index (χ1v) is 4.25. The SMILES string of the molecule is O=c1c[c][nH]c2ccc(Br)cc12. The van der Waals surface area contributed by atoms with Crippen molar-refractivity contribution in [1.82, 2.24) is 4.98 Å². The van der Waals surface area contributed by atoms with Crippen LogP contribution in [0, 0.1) is 6.20 Å². The third-order valence-electron chi connectivity index (χ3n) is 1.66. The predicted molar refractivity (Wildman–Crippen MR) is 51.1 cm³/mol. The van der Waals surface area contributed by atoms with Crippen LogP contribution in [-0.2, 0) is 0 Å². The minimum absolute atomic E-state index is 0.00921. The van der Waals surface area contributed by atoms with Gasteiger partial charge in [-0.3, -0.25) is 4.79 Å². The monoisotopic (exact) mass is 222 g/mol. The zero-order valence-corrected chi connectivity index (χ0v) is 7.68. The summed E-state index contributed by atoms with van der Waals surface area (Å²) in [6, 6.07) is 6.92. The highest BCUT2D eigenvalue weighted by molar-refractivity contribution is 9.10. The molecule has 0 fully saturated rings. The Kier molecular flexibility index (Phi) is 1.73. The molecule has 0 spiro atoms. The summed E-state index contributed by atoms with van der Waals surface area (Å²) in [5, 5.41) is 0.683. The van der Waals surface area contributed by atoms with Crippen LogP contribution in [0.1, 0.15) is 0 Å². The van der Waals surface area contributed by atoms with E-state index >= 15 is 0 Å². The number of hydrogen-bond acceptors (Lipinski definition) is 1. The molecule has 0 saturated carbocycles. The van der Waals surface area contributed by atoms with Gasteiger partial charge in [0.05, 0.1) is 6.20 Å². The summed E-state index contributed by atoms with van der Waals surface area (Å²) < 4.78 is 0.909. The lowest BCUT2D eigenvalue weighted by Gasteiger charge is -1.95. The van der Waals surface area contributed by atoms with Crippen molar-refractivity contribution in [3.63, 3.8) is 0 Å². The summed E-state index contributed by atoms with van der Waals surface area (Å²) in [6.07, 6.45) is 2.67. The van der Waals surface area contributed by atoms with E-state index in [1.165, 1.54) is 6.07 Å². The molecule has 0 bridgehead atoms. The van der Waals surface area contributed by atoms with Gasteiger partial charge in [0, 0.05) is 21.4 Å². The molecule has 1 N–H and O–H groups in total. The molecule has 3 heteroatoms. The van der Waals surface area contributed by atoms with Gasteiger partial charge in [-0.15, -0.1) is 0 Å². The normalized spacial score (nSPS) is 10.4. The van der Waals surface area contributed by atoms with Crippen molar-refractivity contribution in [3.05, 3.63) is 45.2 Å². The van der Waals surface area contributed by atoms with E-state index in [9.17, 15) is 4.79 Å². The Bertz CT molecular complexity index is 475. The fourth-order valence-electron chi connectivity index (χ4n) is 1.09. The Morgan fingerprint density at radius 3 is 3.08 bits per heavy atom. The van der Waals surface area contributed by atoms with Crippen molar-refractivity contribution in [3.8, 4) is 0 Å². The highest BCUT2D eigenvalue weighted by Gasteiger charge is 1.96. The molecular formula is C9H5BrNO. The van der Waals surface area contributed by atoms with Crippen LogP contribution in [0.2, 0.25) is 0 Å². The minimum atomic E-state index is -0.00921. The molecule has 0 amide bonds. The number of aromatic nitrogens is 1. The molecular weight excluding hydrogens is 218 g/mol. The molecule has 1 heterocycles. The zero-order valence-electron chi connectivity index (χ0n) is 6.10. The second kappa shape index (κ2) is 2.75. The first kappa shape index (κ1) is 7.55. The van der Waals surface area contributed by atoms with Gasteiger partial charge < -0.3 is 4.98 Å². The summed E-state index contributed by atoms with van der Waals surface area (Å²) in [5.41, 5.74) is 0.802. The quantitative estimate of drug-likeness (QED) is 0.728. The molecule has 2 rings (SSSR count). The van der Waals surface area contributed by atoms with E-state index in [4.69, 9.17) is 0 Å². The Morgan fingerprint density at radius 1 is 1.42 bits per heavy atom. The van der Waals surface area contributed by atoms with Crippen molar-refractivity contribution >= 4 is 26.8 Å². The van der Waals surface area contributed by atoms with Gasteiger partial charge in [0.2, 0.25) is 0 Å². The van der Waals surface area contributed by atoms with Crippen LogP contribution in [0.25, 0.3) is 10.9 Å². The van der Waals surface area contributed by atoms with Crippen LogP contribution in [-0.4, -0.2) is 4.98 Å². The molecule has 2 aromatic rings. The van der Waals surface area contributed by atoms with E-state index in [1.807, 2.05) is 12.1 Å². The molecule has 59 valence electrons. The van der Waals surface area contributed by atoms with Crippen molar-refractivity contribution in [2.24, 2.45) is 0 Å². The maximum absolute atomic E-state index is 11.3. The van der Waals surface area contributed by atoms with Crippen LogP contribution < -0.4 is 5.43 Å². The second-order valence-corrected chi connectivity index (χ2v) is 3.38. The smallest absolute Gasteiger partial charge is 0.190 e. The molecule has 0 aliphatic carbocycles. The molecule has 1 aromatic carbocycles. The fourth-order valence-corrected chi connectivity index (χ4v) is 1.45. The van der Waals surface area contributed by atoms with Crippen molar-refractivity contribution in [2.45, 2.75) is 0 Å². The zero-order chi connectivity index (χ0) is 8.55. The predicted octanol–water partition coefficient (Wildman–Crippen LogP) is 2.09. The molecule has 12 heavy (non-hydrogen) atoms. The van der Waals surface area contributed by atoms with E-state index in [-0.39, 0.29) is 5.43 Å². The summed E-state index contributed by atoms with van der Waals surface area (Å²) in [4.78, 5) is 14.1. The van der Waals surface area contributed by atoms with Crippen molar-refractivity contribution < 1.29 is 0 Å². The first-order valence-electron chi connectivity index (χ1n) is 3.46. The van der Waals surface area contributed by atoms with E-state index in [1.54, 1.807) is 6.07 Å². The molecule has 2 nitrogen and oxygen atoms in total. The summed E-state index contributed by atoms with van der Waals surface area (Å²) in [5.74, 6) is 0. The van der Waals surface area contributed by atoms with Crippen molar-refractivity contribution in [1.29, 1.82) is 0 Å². The second-order valence-electron chi connectivity index (χ2n) is 2.47. The molecule has 1 aromatic heterocycles. The molecule has 1 radical (unpaired) electrons. The Labute approximate surface area is 77.4 Å². The van der Waals surface area contributed by atoms with Gasteiger partial charge in [-0.25, -0.2) is 0 Å². The van der Waals surface area contributed by atoms with Crippen LogP contribution in [0.5, 0.6) is 0 Å². The molecule has 0 aliphatic rings. The topological polar surface area (TPSA) is 32.9 Å². The van der Waals surface area contributed by atoms with Gasteiger partial charge in [-0.05, 0) is 18.2 Å². The largest absolute Gasteiger partial charge is 0.353 e. The van der Waals surface area contributed by atoms with Gasteiger partial charge in [0.15, 0.2) is 5.43 Å². The lowest BCUT2D eigenvalue weighted by Crippen LogP contribution is -1.99. The maximum atomic E-state index is 11.3. The van der Waals surface area contributed by atoms with Crippen LogP contribution in [0.3, 0.4) is 0 Å². The molecule has 0 aliphatic heterocycles. The van der Waals surface area contributed by atoms with Crippen molar-refractivity contribution in [2.75, 3.05) is 0 Å². The highest BCUT2D eigenvalue weighted by atomic mass is 79.9. The number of rotatable bonds is 0. The average Bonchev–Trinajstić information content (AvgIpc) is 2.07. The van der Waals surface area contributed by atoms with Gasteiger partial charge in [0.25, 0.3) is 0 Å². The Morgan fingerprint density at radius 2 is 2.25 bits per heavy atom. The lowest BCUT2D eigenvalue weighted by atomic mass is 10.2. The lowest BCUT2D eigenvalue weighted by molar-refractivity contribution is 1.37. The highest BCUT2D eigenvalue weighted by Crippen LogP contribution is 2.14. The number of benzene rings is 1. The number of fused-ring (bicyclic) bond motifs is 1. The van der Waals surface area contributed by atoms with E-state index < -0.39 is 0 Å². The Hall–Kier alpha value is -1.09. The number of aromatic amines is 1. The minimum Gasteiger partial charge on any atom is -0.353 e. The fraction of sp³-hybridized carbons (Fsp3) is 0.